The van der Waals surface area contributed by atoms with Crippen molar-refractivity contribution >= 4 is 5.91 Å². The fraction of sp³-hybridized carbons (Fsp3) is 0.800. The Kier molecular flexibility index (Phi) is 2.34. The van der Waals surface area contributed by atoms with E-state index in [0.717, 1.165) is 12.8 Å². The molecule has 3 nitrogen and oxygen atoms in total. The maximum atomic E-state index is 11.5. The summed E-state index contributed by atoms with van der Waals surface area (Å²) in [6.45, 7) is 13.7. The SMILES string of the molecule is [C-]#[N+]C1(C(=O)NCC(C)(C)C)CC1. The lowest BCUT2D eigenvalue weighted by atomic mass is 9.97. The molecule has 1 N–H and O–H groups in total. The van der Waals surface area contributed by atoms with Crippen molar-refractivity contribution in [3.63, 3.8) is 0 Å². The fourth-order valence-electron chi connectivity index (χ4n) is 1.02. The molecule has 0 radical (unpaired) electrons. The zero-order valence-electron chi connectivity index (χ0n) is 8.48. The van der Waals surface area contributed by atoms with E-state index in [-0.39, 0.29) is 11.3 Å². The highest BCUT2D eigenvalue weighted by atomic mass is 16.2. The summed E-state index contributed by atoms with van der Waals surface area (Å²) >= 11 is 0. The van der Waals surface area contributed by atoms with Gasteiger partial charge in [-0.1, -0.05) is 20.8 Å². The molecule has 0 unspecified atom stereocenters. The highest BCUT2D eigenvalue weighted by Crippen LogP contribution is 2.39. The minimum atomic E-state index is -0.689. The van der Waals surface area contributed by atoms with Gasteiger partial charge in [0.05, 0.1) is 0 Å². The minimum absolute atomic E-state index is 0.0857. The van der Waals surface area contributed by atoms with E-state index in [1.54, 1.807) is 0 Å². The van der Waals surface area contributed by atoms with Gasteiger partial charge in [0.25, 0.3) is 0 Å². The summed E-state index contributed by atoms with van der Waals surface area (Å²) in [4.78, 5) is 14.9. The topological polar surface area (TPSA) is 33.5 Å². The highest BCUT2D eigenvalue weighted by molar-refractivity contribution is 5.91. The van der Waals surface area contributed by atoms with Gasteiger partial charge in [0, 0.05) is 19.4 Å². The van der Waals surface area contributed by atoms with Gasteiger partial charge in [-0.05, 0) is 5.41 Å². The van der Waals surface area contributed by atoms with Gasteiger partial charge < -0.3 is 5.32 Å². The molecule has 0 heterocycles. The Hall–Kier alpha value is -1.04. The van der Waals surface area contributed by atoms with Gasteiger partial charge in [0.2, 0.25) is 0 Å². The van der Waals surface area contributed by atoms with Crippen LogP contribution in [0.3, 0.4) is 0 Å². The Balaban J connectivity index is 2.40. The second-order valence-electron chi connectivity index (χ2n) is 4.89. The van der Waals surface area contributed by atoms with Crippen LogP contribution in [0, 0.1) is 12.0 Å². The maximum Gasteiger partial charge on any atom is 0.309 e. The number of hydrogen-bond acceptors (Lipinski definition) is 1. The first-order valence-electron chi connectivity index (χ1n) is 4.57. The van der Waals surface area contributed by atoms with Crippen LogP contribution in [0.5, 0.6) is 0 Å². The number of amides is 1. The van der Waals surface area contributed by atoms with Crippen molar-refractivity contribution < 1.29 is 4.79 Å². The molecule has 0 bridgehead atoms. The van der Waals surface area contributed by atoms with Gasteiger partial charge in [-0.25, -0.2) is 6.57 Å². The van der Waals surface area contributed by atoms with E-state index in [0.29, 0.717) is 6.54 Å². The lowest BCUT2D eigenvalue weighted by Crippen LogP contribution is -2.39. The predicted octanol–water partition coefficient (Wildman–Crippen LogP) is 1.60. The number of rotatable bonds is 2. The van der Waals surface area contributed by atoms with Crippen molar-refractivity contribution in [2.45, 2.75) is 39.2 Å². The van der Waals surface area contributed by atoms with Crippen LogP contribution in [0.4, 0.5) is 0 Å². The zero-order valence-corrected chi connectivity index (χ0v) is 8.48. The first-order chi connectivity index (χ1) is 5.90. The van der Waals surface area contributed by atoms with Gasteiger partial charge in [0.15, 0.2) is 0 Å². The monoisotopic (exact) mass is 180 g/mol. The van der Waals surface area contributed by atoms with Crippen LogP contribution in [0.1, 0.15) is 33.6 Å². The molecule has 1 rings (SSSR count). The summed E-state index contributed by atoms with van der Waals surface area (Å²) in [6.07, 6.45) is 1.46. The van der Waals surface area contributed by atoms with Crippen molar-refractivity contribution in [1.82, 2.24) is 5.32 Å². The van der Waals surface area contributed by atoms with E-state index in [1.807, 2.05) is 0 Å². The third kappa shape index (κ3) is 2.45. The minimum Gasteiger partial charge on any atom is -0.349 e. The number of nitrogens with zero attached hydrogens (tertiary/aromatic N) is 1. The molecule has 1 amide bonds. The van der Waals surface area contributed by atoms with Crippen molar-refractivity contribution in [3.05, 3.63) is 11.4 Å². The van der Waals surface area contributed by atoms with Gasteiger partial charge >= 0.3 is 11.4 Å². The lowest BCUT2D eigenvalue weighted by molar-refractivity contribution is -0.122. The molecule has 0 aromatic carbocycles. The smallest absolute Gasteiger partial charge is 0.309 e. The lowest BCUT2D eigenvalue weighted by Gasteiger charge is -2.18. The average Bonchev–Trinajstić information content (AvgIpc) is 2.79. The van der Waals surface area contributed by atoms with Gasteiger partial charge in [-0.3, -0.25) is 9.64 Å². The third-order valence-corrected chi connectivity index (χ3v) is 2.14. The fourth-order valence-corrected chi connectivity index (χ4v) is 1.02. The molecule has 0 atom stereocenters. The number of carbonyl (C=O) groups excluding carboxylic acids is 1. The Morgan fingerprint density at radius 3 is 2.38 bits per heavy atom. The molecular weight excluding hydrogens is 164 g/mol. The maximum absolute atomic E-state index is 11.5. The van der Waals surface area contributed by atoms with E-state index in [4.69, 9.17) is 6.57 Å². The van der Waals surface area contributed by atoms with Crippen molar-refractivity contribution in [3.8, 4) is 0 Å². The van der Waals surface area contributed by atoms with E-state index < -0.39 is 5.54 Å². The van der Waals surface area contributed by atoms with Crippen LogP contribution in [0.2, 0.25) is 0 Å². The summed E-state index contributed by atoms with van der Waals surface area (Å²) in [6, 6.07) is 0. The molecular formula is C10H16N2O. The normalized spacial score (nSPS) is 18.9. The number of nitrogens with one attached hydrogen (secondary N) is 1. The van der Waals surface area contributed by atoms with Gasteiger partial charge in [-0.15, -0.1) is 0 Å². The van der Waals surface area contributed by atoms with Crippen LogP contribution >= 0.6 is 0 Å². The average molecular weight is 180 g/mol. The highest BCUT2D eigenvalue weighted by Gasteiger charge is 2.58. The van der Waals surface area contributed by atoms with Crippen molar-refractivity contribution in [2.24, 2.45) is 5.41 Å². The molecule has 0 spiro atoms. The van der Waals surface area contributed by atoms with Gasteiger partial charge in [-0.2, -0.15) is 0 Å². The molecule has 13 heavy (non-hydrogen) atoms. The third-order valence-electron chi connectivity index (χ3n) is 2.14. The molecule has 1 fully saturated rings. The molecule has 0 aromatic rings. The summed E-state index contributed by atoms with van der Waals surface area (Å²) in [5.41, 5.74) is -0.598. The second-order valence-corrected chi connectivity index (χ2v) is 4.89. The van der Waals surface area contributed by atoms with Crippen molar-refractivity contribution in [2.75, 3.05) is 6.54 Å². The first-order valence-corrected chi connectivity index (χ1v) is 4.57. The van der Waals surface area contributed by atoms with Crippen LogP contribution < -0.4 is 5.32 Å². The molecule has 72 valence electrons. The van der Waals surface area contributed by atoms with E-state index in [1.165, 1.54) is 0 Å². The van der Waals surface area contributed by atoms with Crippen molar-refractivity contribution in [1.29, 1.82) is 0 Å². The standard InChI is InChI=1S/C10H16N2O/c1-9(2,3)7-12-8(13)10(11-4)5-6-10/h5-7H2,1-3H3,(H,12,13). The van der Waals surface area contributed by atoms with Gasteiger partial charge in [0.1, 0.15) is 0 Å². The number of hydrogen-bond donors (Lipinski definition) is 1. The van der Waals surface area contributed by atoms with Crippen LogP contribution in [0.15, 0.2) is 0 Å². The molecule has 1 saturated carbocycles. The summed E-state index contributed by atoms with van der Waals surface area (Å²) in [5, 5.41) is 2.82. The zero-order chi connectivity index (χ0) is 10.1. The van der Waals surface area contributed by atoms with E-state index in [9.17, 15) is 4.79 Å². The molecule has 0 saturated heterocycles. The Morgan fingerprint density at radius 1 is 1.54 bits per heavy atom. The van der Waals surface area contributed by atoms with Crippen LogP contribution in [-0.2, 0) is 4.79 Å². The second kappa shape index (κ2) is 3.02. The molecule has 1 aliphatic rings. The molecule has 3 heteroatoms. The van der Waals surface area contributed by atoms with E-state index >= 15 is 0 Å². The predicted molar refractivity (Wildman–Crippen MR) is 51.0 cm³/mol. The van der Waals surface area contributed by atoms with Crippen LogP contribution in [0.25, 0.3) is 4.85 Å². The largest absolute Gasteiger partial charge is 0.349 e. The molecule has 0 aromatic heterocycles. The molecule has 1 aliphatic carbocycles. The molecule has 0 aliphatic heterocycles. The summed E-state index contributed by atoms with van der Waals surface area (Å²) in [7, 11) is 0. The Morgan fingerprint density at radius 2 is 2.08 bits per heavy atom. The Bertz CT molecular complexity index is 253. The summed E-state index contributed by atoms with van der Waals surface area (Å²) in [5.74, 6) is -0.0857. The number of carbonyl (C=O) groups is 1. The van der Waals surface area contributed by atoms with E-state index in [2.05, 4.69) is 30.9 Å². The summed E-state index contributed by atoms with van der Waals surface area (Å²) < 4.78 is 0. The quantitative estimate of drug-likeness (QED) is 0.643. The first kappa shape index (κ1) is 10.0. The Labute approximate surface area is 79.3 Å². The van der Waals surface area contributed by atoms with Crippen LogP contribution in [-0.4, -0.2) is 18.0 Å².